The molecule has 0 aliphatic rings. The molecule has 0 radical (unpaired) electrons. The minimum Gasteiger partial charge on any atom is -0.386 e. The van der Waals surface area contributed by atoms with Crippen LogP contribution in [-0.4, -0.2) is 24.8 Å². The molecule has 0 atom stereocenters. The second-order valence-corrected chi connectivity index (χ2v) is 10.8. The monoisotopic (exact) mass is 586 g/mol. The van der Waals surface area contributed by atoms with Gasteiger partial charge in [0, 0.05) is 17.5 Å². The lowest BCUT2D eigenvalue weighted by Gasteiger charge is -2.20. The van der Waals surface area contributed by atoms with Crippen molar-refractivity contribution >= 4 is 12.4 Å². The van der Waals surface area contributed by atoms with E-state index in [0.717, 1.165) is 52.8 Å². The first-order valence-corrected chi connectivity index (χ1v) is 13.8. The summed E-state index contributed by atoms with van der Waals surface area (Å²) < 4.78 is 6.35. The molecule has 3 aromatic carbocycles. The van der Waals surface area contributed by atoms with Gasteiger partial charge < -0.3 is 5.11 Å². The van der Waals surface area contributed by atoms with Gasteiger partial charge in [-0.1, -0.05) is 79.2 Å². The maximum Gasteiger partial charge on any atom is 0.439 e. The number of nitrogens with zero attached hydrogens (tertiary/aromatic N) is 3. The molecule has 5 aromatic rings. The Kier molecular flexibility index (Phi) is 9.29. The van der Waals surface area contributed by atoms with Gasteiger partial charge in [0.05, 0.1) is 17.0 Å². The van der Waals surface area contributed by atoms with E-state index in [2.05, 4.69) is 17.1 Å². The molecule has 0 aliphatic heterocycles. The Labute approximate surface area is 250 Å². The molecule has 0 amide bonds. The van der Waals surface area contributed by atoms with E-state index >= 15 is 0 Å². The van der Waals surface area contributed by atoms with Gasteiger partial charge in [0.1, 0.15) is 5.82 Å². The summed E-state index contributed by atoms with van der Waals surface area (Å²) >= 11 is 0. The van der Waals surface area contributed by atoms with Crippen molar-refractivity contribution in [3.8, 4) is 28.2 Å². The SMILES string of the molecule is CCCCc1nc(C)n(-c2cccc(C(C)(C)O)c2)c(=O)c1Cc1ccc(-c2ccccc2-c2noc(=O)[nH]2)cc1.Cl. The molecule has 42 heavy (non-hydrogen) atoms. The number of aliphatic hydroxyl groups is 1. The summed E-state index contributed by atoms with van der Waals surface area (Å²) in [7, 11) is 0. The highest BCUT2D eigenvalue weighted by Crippen LogP contribution is 2.30. The molecule has 2 heterocycles. The van der Waals surface area contributed by atoms with Crippen LogP contribution in [0, 0.1) is 6.92 Å². The molecule has 8 nitrogen and oxygen atoms in total. The maximum atomic E-state index is 14.0. The average molecular weight is 587 g/mol. The number of aryl methyl sites for hydroxylation is 2. The number of unbranched alkanes of at least 4 members (excludes halogenated alkanes) is 1. The molecule has 2 N–H and O–H groups in total. The summed E-state index contributed by atoms with van der Waals surface area (Å²) in [6.07, 6.45) is 3.11. The van der Waals surface area contributed by atoms with Crippen molar-refractivity contribution in [1.29, 1.82) is 0 Å². The van der Waals surface area contributed by atoms with Crippen molar-refractivity contribution in [2.45, 2.75) is 59.0 Å². The van der Waals surface area contributed by atoms with Gasteiger partial charge in [0.25, 0.3) is 5.56 Å². The Hall–Kier alpha value is -4.27. The van der Waals surface area contributed by atoms with Crippen LogP contribution in [0.15, 0.2) is 86.9 Å². The Morgan fingerprint density at radius 2 is 1.69 bits per heavy atom. The second kappa shape index (κ2) is 12.7. The fraction of sp³-hybridized carbons (Fsp3) is 0.273. The van der Waals surface area contributed by atoms with Crippen molar-refractivity contribution in [2.75, 3.05) is 0 Å². The van der Waals surface area contributed by atoms with Crippen LogP contribution in [0.1, 0.15) is 61.8 Å². The van der Waals surface area contributed by atoms with E-state index in [-0.39, 0.29) is 18.0 Å². The van der Waals surface area contributed by atoms with E-state index in [0.29, 0.717) is 29.3 Å². The van der Waals surface area contributed by atoms with E-state index in [1.165, 1.54) is 0 Å². The van der Waals surface area contributed by atoms with Crippen molar-refractivity contribution in [3.05, 3.63) is 122 Å². The lowest BCUT2D eigenvalue weighted by molar-refractivity contribution is 0.0786. The Balaban J connectivity index is 0.00000405. The molecular formula is C33H35ClN4O4. The molecule has 5 rings (SSSR count). The third kappa shape index (κ3) is 6.45. The number of nitrogens with one attached hydrogen (secondary N) is 1. The highest BCUT2D eigenvalue weighted by molar-refractivity contribution is 5.85. The number of halogens is 1. The highest BCUT2D eigenvalue weighted by Gasteiger charge is 2.20. The zero-order valence-electron chi connectivity index (χ0n) is 24.2. The Bertz CT molecular complexity index is 1800. The molecule has 218 valence electrons. The van der Waals surface area contributed by atoms with Gasteiger partial charge in [-0.25, -0.2) is 9.78 Å². The van der Waals surface area contributed by atoms with Crippen LogP contribution in [-0.2, 0) is 18.4 Å². The second-order valence-electron chi connectivity index (χ2n) is 10.8. The normalized spacial score (nSPS) is 11.4. The summed E-state index contributed by atoms with van der Waals surface area (Å²) in [6.45, 7) is 7.44. The summed E-state index contributed by atoms with van der Waals surface area (Å²) in [6, 6.07) is 23.1. The summed E-state index contributed by atoms with van der Waals surface area (Å²) in [5.41, 5.74) is 5.37. The van der Waals surface area contributed by atoms with Crippen molar-refractivity contribution < 1.29 is 9.63 Å². The van der Waals surface area contributed by atoms with Gasteiger partial charge in [0.2, 0.25) is 0 Å². The number of benzene rings is 3. The predicted molar refractivity (Wildman–Crippen MR) is 166 cm³/mol. The standard InChI is InChI=1S/C33H34N4O4.ClH/c1-5-6-14-29-28(31(38)37(21(2)34-29)25-11-9-10-24(20-25)33(3,4)40)19-22-15-17-23(18-16-22)26-12-7-8-13-27(26)30-35-32(39)41-36-30;/h7-13,15-18,20,40H,5-6,14,19H2,1-4H3,(H,35,36,39);1H. The van der Waals surface area contributed by atoms with Crippen molar-refractivity contribution in [1.82, 2.24) is 19.7 Å². The van der Waals surface area contributed by atoms with Gasteiger partial charge in [-0.3, -0.25) is 18.9 Å². The van der Waals surface area contributed by atoms with Crippen LogP contribution in [0.3, 0.4) is 0 Å². The molecule has 9 heteroatoms. The van der Waals surface area contributed by atoms with Gasteiger partial charge in [-0.2, -0.15) is 0 Å². The predicted octanol–water partition coefficient (Wildman–Crippen LogP) is 6.13. The molecule has 0 fully saturated rings. The Morgan fingerprint density at radius 1 is 0.976 bits per heavy atom. The molecule has 0 bridgehead atoms. The highest BCUT2D eigenvalue weighted by atomic mass is 35.5. The maximum absolute atomic E-state index is 14.0. The summed E-state index contributed by atoms with van der Waals surface area (Å²) in [4.78, 5) is 33.1. The lowest BCUT2D eigenvalue weighted by atomic mass is 9.96. The Morgan fingerprint density at radius 3 is 2.33 bits per heavy atom. The minimum atomic E-state index is -1.03. The third-order valence-corrected chi connectivity index (χ3v) is 7.28. The fourth-order valence-corrected chi connectivity index (χ4v) is 5.07. The quantitative estimate of drug-likeness (QED) is 0.215. The number of rotatable bonds is 9. The number of hydrogen-bond acceptors (Lipinski definition) is 6. The lowest BCUT2D eigenvalue weighted by Crippen LogP contribution is -2.28. The zero-order chi connectivity index (χ0) is 29.1. The van der Waals surface area contributed by atoms with E-state index in [1.54, 1.807) is 18.4 Å². The van der Waals surface area contributed by atoms with E-state index in [4.69, 9.17) is 9.51 Å². The summed E-state index contributed by atoms with van der Waals surface area (Å²) in [5, 5.41) is 14.4. The van der Waals surface area contributed by atoms with Crippen LogP contribution in [0.5, 0.6) is 0 Å². The third-order valence-electron chi connectivity index (χ3n) is 7.28. The minimum absolute atomic E-state index is 0. The number of hydrogen-bond donors (Lipinski definition) is 2. The van der Waals surface area contributed by atoms with E-state index in [9.17, 15) is 14.7 Å². The first-order valence-electron chi connectivity index (χ1n) is 13.8. The van der Waals surface area contributed by atoms with Crippen LogP contribution >= 0.6 is 12.4 Å². The molecule has 2 aromatic heterocycles. The van der Waals surface area contributed by atoms with Crippen LogP contribution in [0.4, 0.5) is 0 Å². The van der Waals surface area contributed by atoms with Gasteiger partial charge >= 0.3 is 5.76 Å². The number of aromatic nitrogens is 4. The van der Waals surface area contributed by atoms with Crippen LogP contribution in [0.25, 0.3) is 28.2 Å². The first-order chi connectivity index (χ1) is 19.7. The molecule has 0 spiro atoms. The molecule has 0 saturated heterocycles. The van der Waals surface area contributed by atoms with Crippen molar-refractivity contribution in [3.63, 3.8) is 0 Å². The number of H-pyrrole nitrogens is 1. The topological polar surface area (TPSA) is 114 Å². The number of aromatic amines is 1. The molecule has 0 saturated carbocycles. The van der Waals surface area contributed by atoms with Gasteiger partial charge in [-0.15, -0.1) is 12.4 Å². The van der Waals surface area contributed by atoms with Crippen LogP contribution < -0.4 is 11.3 Å². The van der Waals surface area contributed by atoms with Crippen LogP contribution in [0.2, 0.25) is 0 Å². The smallest absolute Gasteiger partial charge is 0.386 e. The zero-order valence-corrected chi connectivity index (χ0v) is 25.0. The van der Waals surface area contributed by atoms with E-state index < -0.39 is 11.4 Å². The largest absolute Gasteiger partial charge is 0.439 e. The van der Waals surface area contributed by atoms with E-state index in [1.807, 2.05) is 79.7 Å². The average Bonchev–Trinajstić information content (AvgIpc) is 3.40. The molecule has 0 aliphatic carbocycles. The fourth-order valence-electron chi connectivity index (χ4n) is 5.07. The summed E-state index contributed by atoms with van der Waals surface area (Å²) in [5.74, 6) is 0.388. The van der Waals surface area contributed by atoms with Gasteiger partial charge in [-0.05, 0) is 68.0 Å². The van der Waals surface area contributed by atoms with Crippen molar-refractivity contribution in [2.24, 2.45) is 0 Å². The molecule has 0 unspecified atom stereocenters. The first kappa shape index (κ1) is 30.7. The van der Waals surface area contributed by atoms with Gasteiger partial charge in [0.15, 0.2) is 5.82 Å². The molecular weight excluding hydrogens is 552 g/mol.